The lowest BCUT2D eigenvalue weighted by Crippen LogP contribution is -2.48. The summed E-state index contributed by atoms with van der Waals surface area (Å²) < 4.78 is 1.27. The standard InChI is InChI=1S/C24H30N4OS/c1-16-5-7-20(18(3)15-16)23(29)25-9-10-27-11-13-28(14-12-27)24-26-22-19(4)17(2)6-8-21(22)30-24/h5-8,15H,9-14H2,1-4H3,(H,25,29). The number of hydrogen-bond acceptors (Lipinski definition) is 5. The Labute approximate surface area is 182 Å². The van der Waals surface area contributed by atoms with Gasteiger partial charge in [0.25, 0.3) is 5.91 Å². The molecule has 0 spiro atoms. The molecule has 0 unspecified atom stereocenters. The molecule has 1 N–H and O–H groups in total. The Hall–Kier alpha value is -2.44. The van der Waals surface area contributed by atoms with E-state index in [1.54, 1.807) is 11.3 Å². The molecule has 3 aromatic rings. The molecule has 6 heteroatoms. The average molecular weight is 423 g/mol. The summed E-state index contributed by atoms with van der Waals surface area (Å²) in [5, 5.41) is 4.20. The average Bonchev–Trinajstić information content (AvgIpc) is 3.16. The van der Waals surface area contributed by atoms with E-state index in [9.17, 15) is 4.79 Å². The molecule has 2 heterocycles. The molecule has 158 valence electrons. The van der Waals surface area contributed by atoms with Gasteiger partial charge in [0, 0.05) is 44.8 Å². The van der Waals surface area contributed by atoms with Gasteiger partial charge in [-0.25, -0.2) is 4.98 Å². The predicted octanol–water partition coefficient (Wildman–Crippen LogP) is 4.08. The van der Waals surface area contributed by atoms with Crippen LogP contribution in [-0.4, -0.2) is 55.1 Å². The maximum atomic E-state index is 12.4. The number of nitrogens with one attached hydrogen (secondary N) is 1. The smallest absolute Gasteiger partial charge is 0.251 e. The molecule has 0 aliphatic carbocycles. The van der Waals surface area contributed by atoms with E-state index in [1.807, 2.05) is 26.0 Å². The molecule has 1 aromatic heterocycles. The number of carbonyl (C=O) groups excluding carboxylic acids is 1. The molecule has 1 amide bonds. The normalized spacial score (nSPS) is 15.0. The quantitative estimate of drug-likeness (QED) is 0.673. The van der Waals surface area contributed by atoms with Crippen molar-refractivity contribution < 1.29 is 4.79 Å². The monoisotopic (exact) mass is 422 g/mol. The van der Waals surface area contributed by atoms with Crippen LogP contribution in [0.15, 0.2) is 30.3 Å². The summed E-state index contributed by atoms with van der Waals surface area (Å²) in [5.74, 6) is 0.0197. The van der Waals surface area contributed by atoms with E-state index in [0.29, 0.717) is 6.54 Å². The Balaban J connectivity index is 1.28. The van der Waals surface area contributed by atoms with Gasteiger partial charge in [-0.3, -0.25) is 9.69 Å². The SMILES string of the molecule is Cc1ccc(C(=O)NCCN2CCN(c3nc4c(C)c(C)ccc4s3)CC2)c(C)c1. The van der Waals surface area contributed by atoms with Crippen molar-refractivity contribution in [1.82, 2.24) is 15.2 Å². The second kappa shape index (κ2) is 8.74. The summed E-state index contributed by atoms with van der Waals surface area (Å²) in [6.45, 7) is 13.8. The lowest BCUT2D eigenvalue weighted by atomic mass is 10.1. The summed E-state index contributed by atoms with van der Waals surface area (Å²) in [6.07, 6.45) is 0. The molecular formula is C24H30N4OS. The topological polar surface area (TPSA) is 48.5 Å². The highest BCUT2D eigenvalue weighted by Gasteiger charge is 2.20. The molecular weight excluding hydrogens is 392 g/mol. The molecule has 4 rings (SSSR count). The number of aromatic nitrogens is 1. The number of aryl methyl sites for hydroxylation is 4. The summed E-state index contributed by atoms with van der Waals surface area (Å²) >= 11 is 1.79. The van der Waals surface area contributed by atoms with Gasteiger partial charge in [0.1, 0.15) is 0 Å². The minimum Gasteiger partial charge on any atom is -0.351 e. The van der Waals surface area contributed by atoms with Crippen LogP contribution in [0.5, 0.6) is 0 Å². The minimum atomic E-state index is 0.0197. The lowest BCUT2D eigenvalue weighted by molar-refractivity contribution is 0.0947. The number of fused-ring (bicyclic) bond motifs is 1. The van der Waals surface area contributed by atoms with E-state index < -0.39 is 0 Å². The van der Waals surface area contributed by atoms with E-state index in [2.05, 4.69) is 47.2 Å². The predicted molar refractivity (Wildman–Crippen MR) is 126 cm³/mol. The fraction of sp³-hybridized carbons (Fsp3) is 0.417. The number of nitrogens with zero attached hydrogens (tertiary/aromatic N) is 3. The molecule has 0 saturated carbocycles. The van der Waals surface area contributed by atoms with Gasteiger partial charge in [-0.15, -0.1) is 0 Å². The second-order valence-corrected chi connectivity index (χ2v) is 9.26. The third-order valence-electron chi connectivity index (χ3n) is 6.06. The molecule has 1 saturated heterocycles. The number of carbonyl (C=O) groups is 1. The first-order valence-electron chi connectivity index (χ1n) is 10.6. The van der Waals surface area contributed by atoms with Crippen molar-refractivity contribution in [3.8, 4) is 0 Å². The Morgan fingerprint density at radius 2 is 1.80 bits per heavy atom. The summed E-state index contributed by atoms with van der Waals surface area (Å²) in [4.78, 5) is 22.2. The molecule has 1 aliphatic heterocycles. The second-order valence-electron chi connectivity index (χ2n) is 8.25. The largest absolute Gasteiger partial charge is 0.351 e. The van der Waals surface area contributed by atoms with Crippen LogP contribution in [0.3, 0.4) is 0 Å². The number of piperazine rings is 1. The van der Waals surface area contributed by atoms with Gasteiger partial charge in [-0.2, -0.15) is 0 Å². The van der Waals surface area contributed by atoms with Crippen molar-refractivity contribution >= 4 is 32.6 Å². The number of hydrogen-bond donors (Lipinski definition) is 1. The summed E-state index contributed by atoms with van der Waals surface area (Å²) in [7, 11) is 0. The Morgan fingerprint density at radius 1 is 1.03 bits per heavy atom. The highest BCUT2D eigenvalue weighted by Crippen LogP contribution is 2.32. The van der Waals surface area contributed by atoms with E-state index in [4.69, 9.17) is 4.98 Å². The summed E-state index contributed by atoms with van der Waals surface area (Å²) in [6, 6.07) is 10.3. The Bertz CT molecular complexity index is 1070. The van der Waals surface area contributed by atoms with Crippen LogP contribution < -0.4 is 10.2 Å². The van der Waals surface area contributed by atoms with Crippen LogP contribution in [0.25, 0.3) is 10.2 Å². The molecule has 1 aliphatic rings. The highest BCUT2D eigenvalue weighted by molar-refractivity contribution is 7.22. The Morgan fingerprint density at radius 3 is 2.53 bits per heavy atom. The number of rotatable bonds is 5. The molecule has 0 atom stereocenters. The molecule has 2 aromatic carbocycles. The van der Waals surface area contributed by atoms with Crippen LogP contribution in [0.1, 0.15) is 32.6 Å². The third kappa shape index (κ3) is 4.35. The van der Waals surface area contributed by atoms with Gasteiger partial charge in [0.05, 0.1) is 10.2 Å². The Kier molecular flexibility index (Phi) is 6.06. The molecule has 0 radical (unpaired) electrons. The third-order valence-corrected chi connectivity index (χ3v) is 7.14. The van der Waals surface area contributed by atoms with Crippen molar-refractivity contribution in [3.05, 3.63) is 58.1 Å². The van der Waals surface area contributed by atoms with Crippen molar-refractivity contribution in [2.75, 3.05) is 44.2 Å². The zero-order chi connectivity index (χ0) is 21.3. The van der Waals surface area contributed by atoms with Crippen molar-refractivity contribution in [3.63, 3.8) is 0 Å². The number of thiazole rings is 1. The maximum absolute atomic E-state index is 12.4. The van der Waals surface area contributed by atoms with Gasteiger partial charge in [0.15, 0.2) is 5.13 Å². The minimum absolute atomic E-state index is 0.0197. The van der Waals surface area contributed by atoms with Crippen LogP contribution in [-0.2, 0) is 0 Å². The zero-order valence-electron chi connectivity index (χ0n) is 18.3. The van der Waals surface area contributed by atoms with Crippen LogP contribution in [0, 0.1) is 27.7 Å². The maximum Gasteiger partial charge on any atom is 0.251 e. The van der Waals surface area contributed by atoms with Crippen molar-refractivity contribution in [2.45, 2.75) is 27.7 Å². The van der Waals surface area contributed by atoms with Crippen LogP contribution in [0.2, 0.25) is 0 Å². The first kappa shape index (κ1) is 20.8. The molecule has 0 bridgehead atoms. The van der Waals surface area contributed by atoms with Gasteiger partial charge in [-0.1, -0.05) is 35.1 Å². The zero-order valence-corrected chi connectivity index (χ0v) is 19.1. The first-order chi connectivity index (χ1) is 14.4. The van der Waals surface area contributed by atoms with E-state index >= 15 is 0 Å². The van der Waals surface area contributed by atoms with E-state index in [-0.39, 0.29) is 5.91 Å². The molecule has 1 fully saturated rings. The van der Waals surface area contributed by atoms with Crippen molar-refractivity contribution in [1.29, 1.82) is 0 Å². The van der Waals surface area contributed by atoms with Gasteiger partial charge in [0.2, 0.25) is 0 Å². The fourth-order valence-electron chi connectivity index (χ4n) is 4.00. The molecule has 5 nitrogen and oxygen atoms in total. The van der Waals surface area contributed by atoms with Crippen LogP contribution in [0.4, 0.5) is 5.13 Å². The number of anilines is 1. The van der Waals surface area contributed by atoms with Gasteiger partial charge < -0.3 is 10.2 Å². The number of benzene rings is 2. The lowest BCUT2D eigenvalue weighted by Gasteiger charge is -2.34. The number of amides is 1. The van der Waals surface area contributed by atoms with E-state index in [1.165, 1.54) is 21.4 Å². The van der Waals surface area contributed by atoms with Gasteiger partial charge >= 0.3 is 0 Å². The van der Waals surface area contributed by atoms with Crippen molar-refractivity contribution in [2.24, 2.45) is 0 Å². The first-order valence-corrected chi connectivity index (χ1v) is 11.4. The van der Waals surface area contributed by atoms with Crippen LogP contribution >= 0.6 is 11.3 Å². The molecule has 30 heavy (non-hydrogen) atoms. The summed E-state index contributed by atoms with van der Waals surface area (Å²) in [5.41, 5.74) is 6.71. The highest BCUT2D eigenvalue weighted by atomic mass is 32.1. The fourth-order valence-corrected chi connectivity index (χ4v) is 5.08. The van der Waals surface area contributed by atoms with Gasteiger partial charge in [-0.05, 0) is 56.5 Å². The van der Waals surface area contributed by atoms with E-state index in [0.717, 1.165) is 54.5 Å².